The molecule has 9 heteroatoms. The number of hydrogen-bond acceptors (Lipinski definition) is 3. The molecule has 0 aliphatic heterocycles. The standard InChI is InChI=1S/C12H7ClF5N3/c13-6-2-1-5(12(16,17)18)3-9(6)20-11-8(15)4-7(14)10(19)21-11/h1-4H,(H3,19,20,21). The van der Waals surface area contributed by atoms with Crippen molar-refractivity contribution in [2.24, 2.45) is 0 Å². The minimum absolute atomic E-state index is 0.0907. The van der Waals surface area contributed by atoms with Crippen LogP contribution in [0.2, 0.25) is 5.02 Å². The molecule has 0 radical (unpaired) electrons. The van der Waals surface area contributed by atoms with E-state index in [1.807, 2.05) is 0 Å². The Morgan fingerprint density at radius 1 is 1.10 bits per heavy atom. The normalized spacial score (nSPS) is 11.5. The predicted octanol–water partition coefficient (Wildman–Crippen LogP) is 4.36. The van der Waals surface area contributed by atoms with E-state index in [1.54, 1.807) is 0 Å². The quantitative estimate of drug-likeness (QED) is 0.807. The summed E-state index contributed by atoms with van der Waals surface area (Å²) in [7, 11) is 0. The molecular formula is C12H7ClF5N3. The number of pyridine rings is 1. The predicted molar refractivity (Wildman–Crippen MR) is 68.3 cm³/mol. The number of alkyl halides is 3. The largest absolute Gasteiger partial charge is 0.416 e. The van der Waals surface area contributed by atoms with Gasteiger partial charge >= 0.3 is 6.18 Å². The summed E-state index contributed by atoms with van der Waals surface area (Å²) in [5.41, 5.74) is 3.96. The maximum atomic E-state index is 13.5. The average Bonchev–Trinajstić information content (AvgIpc) is 2.37. The molecule has 112 valence electrons. The van der Waals surface area contributed by atoms with Crippen molar-refractivity contribution in [2.45, 2.75) is 6.18 Å². The van der Waals surface area contributed by atoms with Crippen LogP contribution in [0.15, 0.2) is 24.3 Å². The van der Waals surface area contributed by atoms with Gasteiger partial charge in [-0.1, -0.05) is 11.6 Å². The molecule has 0 saturated carbocycles. The summed E-state index contributed by atoms with van der Waals surface area (Å²) in [5, 5.41) is 2.17. The lowest BCUT2D eigenvalue weighted by Crippen LogP contribution is -2.07. The van der Waals surface area contributed by atoms with Gasteiger partial charge < -0.3 is 11.1 Å². The fourth-order valence-corrected chi connectivity index (χ4v) is 1.66. The molecule has 0 unspecified atom stereocenters. The molecule has 2 rings (SSSR count). The van der Waals surface area contributed by atoms with E-state index in [2.05, 4.69) is 10.3 Å². The van der Waals surface area contributed by atoms with Gasteiger partial charge in [-0.15, -0.1) is 0 Å². The van der Waals surface area contributed by atoms with Crippen molar-refractivity contribution in [1.82, 2.24) is 4.98 Å². The van der Waals surface area contributed by atoms with Crippen LogP contribution in [-0.4, -0.2) is 4.98 Å². The third kappa shape index (κ3) is 3.33. The number of halogens is 6. The molecule has 21 heavy (non-hydrogen) atoms. The molecular weight excluding hydrogens is 317 g/mol. The first kappa shape index (κ1) is 15.3. The minimum Gasteiger partial charge on any atom is -0.381 e. The summed E-state index contributed by atoms with van der Waals surface area (Å²) in [4.78, 5) is 3.38. The molecule has 1 aromatic carbocycles. The van der Waals surface area contributed by atoms with E-state index < -0.39 is 35.0 Å². The average molecular weight is 324 g/mol. The van der Waals surface area contributed by atoms with Crippen molar-refractivity contribution >= 4 is 28.9 Å². The number of nitrogens with zero attached hydrogens (tertiary/aromatic N) is 1. The molecule has 1 heterocycles. The van der Waals surface area contributed by atoms with Gasteiger partial charge in [0.25, 0.3) is 0 Å². The van der Waals surface area contributed by atoms with E-state index in [9.17, 15) is 22.0 Å². The second-order valence-electron chi connectivity index (χ2n) is 4.00. The Balaban J connectivity index is 2.42. The molecule has 2 aromatic rings. The van der Waals surface area contributed by atoms with Gasteiger partial charge in [-0.05, 0) is 18.2 Å². The Morgan fingerprint density at radius 2 is 1.76 bits per heavy atom. The summed E-state index contributed by atoms with van der Waals surface area (Å²) >= 11 is 5.73. The molecule has 0 aliphatic carbocycles. The van der Waals surface area contributed by atoms with Crippen LogP contribution in [-0.2, 0) is 6.18 Å². The first-order chi connectivity index (χ1) is 9.68. The van der Waals surface area contributed by atoms with Gasteiger partial charge in [0.05, 0.1) is 16.3 Å². The fourth-order valence-electron chi connectivity index (χ4n) is 1.49. The van der Waals surface area contributed by atoms with Crippen molar-refractivity contribution in [1.29, 1.82) is 0 Å². The first-order valence-electron chi connectivity index (χ1n) is 5.44. The number of anilines is 3. The number of benzene rings is 1. The Bertz CT molecular complexity index is 687. The fraction of sp³-hybridized carbons (Fsp3) is 0.0833. The lowest BCUT2D eigenvalue weighted by atomic mass is 10.2. The van der Waals surface area contributed by atoms with Crippen molar-refractivity contribution < 1.29 is 22.0 Å². The number of aromatic nitrogens is 1. The number of nitrogen functional groups attached to an aromatic ring is 1. The monoisotopic (exact) mass is 323 g/mol. The van der Waals surface area contributed by atoms with Gasteiger partial charge in [-0.25, -0.2) is 13.8 Å². The number of nitrogens with two attached hydrogens (primary N) is 1. The van der Waals surface area contributed by atoms with Gasteiger partial charge in [0, 0.05) is 6.07 Å². The van der Waals surface area contributed by atoms with E-state index in [0.717, 1.165) is 12.1 Å². The van der Waals surface area contributed by atoms with Crippen LogP contribution >= 0.6 is 11.6 Å². The number of nitrogens with one attached hydrogen (secondary N) is 1. The van der Waals surface area contributed by atoms with Crippen LogP contribution in [0, 0.1) is 11.6 Å². The number of rotatable bonds is 2. The molecule has 0 fully saturated rings. The topological polar surface area (TPSA) is 50.9 Å². The lowest BCUT2D eigenvalue weighted by molar-refractivity contribution is -0.137. The van der Waals surface area contributed by atoms with Crippen LogP contribution in [0.4, 0.5) is 39.3 Å². The van der Waals surface area contributed by atoms with Crippen molar-refractivity contribution in [2.75, 3.05) is 11.1 Å². The third-order valence-corrected chi connectivity index (χ3v) is 2.83. The van der Waals surface area contributed by atoms with Gasteiger partial charge in [0.2, 0.25) is 0 Å². The van der Waals surface area contributed by atoms with E-state index in [0.29, 0.717) is 12.1 Å². The maximum Gasteiger partial charge on any atom is 0.416 e. The van der Waals surface area contributed by atoms with Gasteiger partial charge in [0.15, 0.2) is 23.3 Å². The first-order valence-corrected chi connectivity index (χ1v) is 5.81. The van der Waals surface area contributed by atoms with Gasteiger partial charge in [0.1, 0.15) is 0 Å². The molecule has 0 atom stereocenters. The summed E-state index contributed by atoms with van der Waals surface area (Å²) < 4.78 is 64.3. The Labute approximate surface area is 120 Å². The highest BCUT2D eigenvalue weighted by Crippen LogP contribution is 2.35. The second-order valence-corrected chi connectivity index (χ2v) is 4.41. The van der Waals surface area contributed by atoms with Crippen LogP contribution in [0.1, 0.15) is 5.56 Å². The SMILES string of the molecule is Nc1nc(Nc2cc(C(F)(F)F)ccc2Cl)c(F)cc1F. The molecule has 3 N–H and O–H groups in total. The Hall–Kier alpha value is -2.09. The van der Waals surface area contributed by atoms with Crippen LogP contribution < -0.4 is 11.1 Å². The second kappa shape index (κ2) is 5.36. The van der Waals surface area contributed by atoms with Gasteiger partial charge in [-0.3, -0.25) is 0 Å². The molecule has 0 aliphatic rings. The van der Waals surface area contributed by atoms with Crippen molar-refractivity contribution in [3.05, 3.63) is 46.5 Å². The summed E-state index contributed by atoms with van der Waals surface area (Å²) in [6.45, 7) is 0. The van der Waals surface area contributed by atoms with E-state index in [1.165, 1.54) is 0 Å². The zero-order valence-electron chi connectivity index (χ0n) is 10.1. The maximum absolute atomic E-state index is 13.5. The molecule has 3 nitrogen and oxygen atoms in total. The van der Waals surface area contributed by atoms with Crippen molar-refractivity contribution in [3.8, 4) is 0 Å². The Morgan fingerprint density at radius 3 is 2.38 bits per heavy atom. The smallest absolute Gasteiger partial charge is 0.381 e. The van der Waals surface area contributed by atoms with Gasteiger partial charge in [-0.2, -0.15) is 13.2 Å². The van der Waals surface area contributed by atoms with E-state index in [4.69, 9.17) is 17.3 Å². The molecule has 0 bridgehead atoms. The van der Waals surface area contributed by atoms with E-state index >= 15 is 0 Å². The summed E-state index contributed by atoms with van der Waals surface area (Å²) in [6, 6.07) is 2.92. The highest BCUT2D eigenvalue weighted by atomic mass is 35.5. The van der Waals surface area contributed by atoms with Crippen LogP contribution in [0.3, 0.4) is 0 Å². The van der Waals surface area contributed by atoms with Crippen LogP contribution in [0.5, 0.6) is 0 Å². The number of hydrogen-bond donors (Lipinski definition) is 2. The van der Waals surface area contributed by atoms with E-state index in [-0.39, 0.29) is 10.7 Å². The molecule has 0 amide bonds. The summed E-state index contributed by atoms with van der Waals surface area (Å²) in [5.74, 6) is -3.32. The minimum atomic E-state index is -4.59. The Kier molecular flexibility index (Phi) is 3.91. The molecule has 0 saturated heterocycles. The lowest BCUT2D eigenvalue weighted by Gasteiger charge is -2.12. The highest BCUT2D eigenvalue weighted by molar-refractivity contribution is 6.33. The zero-order chi connectivity index (χ0) is 15.8. The third-order valence-electron chi connectivity index (χ3n) is 2.50. The van der Waals surface area contributed by atoms with Crippen LogP contribution in [0.25, 0.3) is 0 Å². The summed E-state index contributed by atoms with van der Waals surface area (Å²) in [6.07, 6.45) is -4.59. The highest BCUT2D eigenvalue weighted by Gasteiger charge is 2.31. The molecule has 1 aromatic heterocycles. The van der Waals surface area contributed by atoms with Crippen molar-refractivity contribution in [3.63, 3.8) is 0 Å². The molecule has 0 spiro atoms. The zero-order valence-corrected chi connectivity index (χ0v) is 10.9.